The molecule has 1 aliphatic heterocycles. The summed E-state index contributed by atoms with van der Waals surface area (Å²) < 4.78 is 11.0. The average molecular weight is 238 g/mol. The summed E-state index contributed by atoms with van der Waals surface area (Å²) in [5.74, 6) is 0.571. The zero-order chi connectivity index (χ0) is 11.4. The number of ether oxygens (including phenoxy) is 2. The van der Waals surface area contributed by atoms with Crippen LogP contribution < -0.4 is 4.74 Å². The van der Waals surface area contributed by atoms with Crippen LogP contribution in [-0.4, -0.2) is 19.3 Å². The van der Waals surface area contributed by atoms with E-state index >= 15 is 0 Å². The van der Waals surface area contributed by atoms with Crippen LogP contribution in [0.2, 0.25) is 5.02 Å². The van der Waals surface area contributed by atoms with E-state index in [0.717, 1.165) is 12.8 Å². The Kier molecular flexibility index (Phi) is 3.66. The van der Waals surface area contributed by atoms with Crippen LogP contribution in [0.4, 0.5) is 0 Å². The fourth-order valence-corrected chi connectivity index (χ4v) is 1.82. The topological polar surface area (TPSA) is 42.2 Å². The standard InChI is InChI=1S/C12H12ClNO2/c13-10-2-1-9(8-14)12(7-10)16-11-3-5-15-6-4-11/h1-2,7,11H,3-6H2. The van der Waals surface area contributed by atoms with Gasteiger partial charge in [-0.3, -0.25) is 0 Å². The number of nitriles is 1. The number of hydrogen-bond donors (Lipinski definition) is 0. The van der Waals surface area contributed by atoms with Gasteiger partial charge in [-0.15, -0.1) is 0 Å². The molecule has 0 saturated carbocycles. The molecule has 1 heterocycles. The van der Waals surface area contributed by atoms with Crippen molar-refractivity contribution < 1.29 is 9.47 Å². The molecule has 0 aliphatic carbocycles. The predicted molar refractivity (Wildman–Crippen MR) is 60.6 cm³/mol. The first kappa shape index (κ1) is 11.3. The molecule has 84 valence electrons. The molecular formula is C12H12ClNO2. The first-order valence-electron chi connectivity index (χ1n) is 5.23. The normalized spacial score (nSPS) is 16.8. The second kappa shape index (κ2) is 5.20. The molecule has 16 heavy (non-hydrogen) atoms. The molecule has 1 aromatic carbocycles. The summed E-state index contributed by atoms with van der Waals surface area (Å²) in [5, 5.41) is 9.53. The van der Waals surface area contributed by atoms with Gasteiger partial charge in [0.2, 0.25) is 0 Å². The lowest BCUT2D eigenvalue weighted by molar-refractivity contribution is 0.0254. The highest BCUT2D eigenvalue weighted by Crippen LogP contribution is 2.25. The van der Waals surface area contributed by atoms with E-state index in [0.29, 0.717) is 29.5 Å². The van der Waals surface area contributed by atoms with Gasteiger partial charge in [-0.1, -0.05) is 11.6 Å². The number of halogens is 1. The van der Waals surface area contributed by atoms with Crippen molar-refractivity contribution in [2.75, 3.05) is 13.2 Å². The number of nitrogens with zero attached hydrogens (tertiary/aromatic N) is 1. The van der Waals surface area contributed by atoms with E-state index in [4.69, 9.17) is 26.3 Å². The third kappa shape index (κ3) is 2.66. The van der Waals surface area contributed by atoms with E-state index in [9.17, 15) is 0 Å². The fraction of sp³-hybridized carbons (Fsp3) is 0.417. The van der Waals surface area contributed by atoms with Gasteiger partial charge in [0.05, 0.1) is 18.8 Å². The van der Waals surface area contributed by atoms with Gasteiger partial charge in [0.1, 0.15) is 17.9 Å². The smallest absolute Gasteiger partial charge is 0.138 e. The highest BCUT2D eigenvalue weighted by Gasteiger charge is 2.17. The molecule has 1 fully saturated rings. The van der Waals surface area contributed by atoms with Crippen molar-refractivity contribution in [3.05, 3.63) is 28.8 Å². The Morgan fingerprint density at radius 1 is 1.38 bits per heavy atom. The minimum Gasteiger partial charge on any atom is -0.489 e. The maximum Gasteiger partial charge on any atom is 0.138 e. The van der Waals surface area contributed by atoms with Gasteiger partial charge < -0.3 is 9.47 Å². The summed E-state index contributed by atoms with van der Waals surface area (Å²) in [5.41, 5.74) is 0.524. The number of rotatable bonds is 2. The van der Waals surface area contributed by atoms with Crippen molar-refractivity contribution >= 4 is 11.6 Å². The van der Waals surface area contributed by atoms with Crippen LogP contribution in [0, 0.1) is 11.3 Å². The van der Waals surface area contributed by atoms with Gasteiger partial charge in [0.25, 0.3) is 0 Å². The third-order valence-corrected chi connectivity index (χ3v) is 2.76. The molecule has 0 aromatic heterocycles. The van der Waals surface area contributed by atoms with Crippen LogP contribution in [0.3, 0.4) is 0 Å². The summed E-state index contributed by atoms with van der Waals surface area (Å²) in [6, 6.07) is 7.16. The Morgan fingerprint density at radius 3 is 2.81 bits per heavy atom. The van der Waals surface area contributed by atoms with Gasteiger partial charge >= 0.3 is 0 Å². The lowest BCUT2D eigenvalue weighted by Crippen LogP contribution is -2.26. The van der Waals surface area contributed by atoms with Gasteiger partial charge in [-0.05, 0) is 12.1 Å². The lowest BCUT2D eigenvalue weighted by Gasteiger charge is -2.23. The zero-order valence-electron chi connectivity index (χ0n) is 8.78. The number of benzene rings is 1. The van der Waals surface area contributed by atoms with E-state index in [1.807, 2.05) is 0 Å². The molecule has 0 bridgehead atoms. The molecule has 1 aromatic rings. The molecule has 0 atom stereocenters. The van der Waals surface area contributed by atoms with Crippen LogP contribution in [0.1, 0.15) is 18.4 Å². The van der Waals surface area contributed by atoms with Crippen molar-refractivity contribution in [1.29, 1.82) is 5.26 Å². The first-order chi connectivity index (χ1) is 7.79. The minimum absolute atomic E-state index is 0.124. The van der Waals surface area contributed by atoms with Crippen LogP contribution in [0.25, 0.3) is 0 Å². The Morgan fingerprint density at radius 2 is 2.12 bits per heavy atom. The quantitative estimate of drug-likeness (QED) is 0.794. The van der Waals surface area contributed by atoms with Gasteiger partial charge in [0, 0.05) is 23.9 Å². The monoisotopic (exact) mass is 237 g/mol. The maximum atomic E-state index is 8.94. The molecule has 0 spiro atoms. The zero-order valence-corrected chi connectivity index (χ0v) is 9.54. The molecule has 0 unspecified atom stereocenters. The summed E-state index contributed by atoms with van der Waals surface area (Å²) in [6.45, 7) is 1.43. The fourth-order valence-electron chi connectivity index (χ4n) is 1.66. The Bertz CT molecular complexity index is 408. The van der Waals surface area contributed by atoms with Crippen LogP contribution in [-0.2, 0) is 4.74 Å². The van der Waals surface area contributed by atoms with E-state index in [-0.39, 0.29) is 6.10 Å². The third-order valence-electron chi connectivity index (χ3n) is 2.53. The molecular weight excluding hydrogens is 226 g/mol. The van der Waals surface area contributed by atoms with Gasteiger partial charge in [0.15, 0.2) is 0 Å². The Hall–Kier alpha value is -1.24. The summed E-state index contributed by atoms with van der Waals surface area (Å²) in [7, 11) is 0. The first-order valence-corrected chi connectivity index (χ1v) is 5.61. The van der Waals surface area contributed by atoms with E-state index in [2.05, 4.69) is 6.07 Å². The van der Waals surface area contributed by atoms with Crippen molar-refractivity contribution in [1.82, 2.24) is 0 Å². The predicted octanol–water partition coefficient (Wildman–Crippen LogP) is 2.77. The van der Waals surface area contributed by atoms with Crippen LogP contribution in [0.15, 0.2) is 18.2 Å². The lowest BCUT2D eigenvalue weighted by atomic mass is 10.1. The van der Waals surface area contributed by atoms with E-state index in [1.165, 1.54) is 0 Å². The van der Waals surface area contributed by atoms with Crippen LogP contribution >= 0.6 is 11.6 Å². The molecule has 0 radical (unpaired) electrons. The second-order valence-electron chi connectivity index (χ2n) is 3.68. The summed E-state index contributed by atoms with van der Waals surface area (Å²) in [4.78, 5) is 0. The summed E-state index contributed by atoms with van der Waals surface area (Å²) >= 11 is 5.88. The highest BCUT2D eigenvalue weighted by molar-refractivity contribution is 6.30. The van der Waals surface area contributed by atoms with Crippen molar-refractivity contribution in [3.63, 3.8) is 0 Å². The Balaban J connectivity index is 2.13. The SMILES string of the molecule is N#Cc1ccc(Cl)cc1OC1CCOCC1. The molecule has 3 nitrogen and oxygen atoms in total. The van der Waals surface area contributed by atoms with Crippen molar-refractivity contribution in [2.45, 2.75) is 18.9 Å². The Labute approximate surface area is 99.5 Å². The molecule has 1 aliphatic rings. The van der Waals surface area contributed by atoms with Gasteiger partial charge in [-0.25, -0.2) is 0 Å². The summed E-state index contributed by atoms with van der Waals surface area (Å²) in [6.07, 6.45) is 1.84. The minimum atomic E-state index is 0.124. The molecule has 4 heteroatoms. The molecule has 2 rings (SSSR count). The maximum absolute atomic E-state index is 8.94. The molecule has 0 N–H and O–H groups in total. The second-order valence-corrected chi connectivity index (χ2v) is 4.12. The molecule has 0 amide bonds. The van der Waals surface area contributed by atoms with Crippen molar-refractivity contribution in [2.24, 2.45) is 0 Å². The van der Waals surface area contributed by atoms with E-state index in [1.54, 1.807) is 18.2 Å². The average Bonchev–Trinajstić information content (AvgIpc) is 2.31. The largest absolute Gasteiger partial charge is 0.489 e. The van der Waals surface area contributed by atoms with E-state index < -0.39 is 0 Å². The van der Waals surface area contributed by atoms with Gasteiger partial charge in [-0.2, -0.15) is 5.26 Å². The van der Waals surface area contributed by atoms with Crippen molar-refractivity contribution in [3.8, 4) is 11.8 Å². The highest BCUT2D eigenvalue weighted by atomic mass is 35.5. The number of hydrogen-bond acceptors (Lipinski definition) is 3. The van der Waals surface area contributed by atoms with Crippen LogP contribution in [0.5, 0.6) is 5.75 Å². The molecule has 1 saturated heterocycles.